The van der Waals surface area contributed by atoms with Gasteiger partial charge in [-0.1, -0.05) is 8.96 Å². The van der Waals surface area contributed by atoms with Gasteiger partial charge in [-0.2, -0.15) is 61.5 Å². The van der Waals surface area contributed by atoms with Gasteiger partial charge in [-0.25, -0.2) is 0 Å². The topological polar surface area (TPSA) is 70.8 Å². The van der Waals surface area contributed by atoms with Gasteiger partial charge in [-0.3, -0.25) is 0 Å². The van der Waals surface area contributed by atoms with Crippen molar-refractivity contribution in [3.05, 3.63) is 0 Å². The van der Waals surface area contributed by atoms with Gasteiger partial charge in [0.05, 0.1) is 11.8 Å². The van der Waals surface area contributed by atoms with Crippen LogP contribution in [0.4, 0.5) is 70.4 Å². The van der Waals surface area contributed by atoms with Crippen LogP contribution in [0.3, 0.4) is 0 Å². The van der Waals surface area contributed by atoms with E-state index in [4.69, 9.17) is 0 Å². The van der Waals surface area contributed by atoms with E-state index in [0.717, 1.165) is 0 Å². The van der Waals surface area contributed by atoms with E-state index in [1.165, 1.54) is 0 Å². The van der Waals surface area contributed by atoms with Crippen molar-refractivity contribution in [3.8, 4) is 0 Å². The molecule has 4 nitrogen and oxygen atoms in total. The standard InChI is InChI=1S/2C4HF8NO.Rh/c2*5-2(6,1(14)13-12)3(7,8)4(9,10)11;/h2*(H,13,14);/q;;+2/p-2. The fraction of sp³-hybridized carbons (Fsp3) is 0.750. The van der Waals surface area contributed by atoms with E-state index >= 15 is 0 Å². The molecule has 0 aromatic carbocycles. The Morgan fingerprint density at radius 3 is 0.759 bits per heavy atom. The Balaban J connectivity index is -0.000000451. The summed E-state index contributed by atoms with van der Waals surface area (Å²) in [5.74, 6) is -32.8. The SMILES string of the molecule is [O-]C(=NF)C(F)(F)C(F)(F)C(F)(F)F.[O-]C(=NF)C(F)(F)C(F)(F)C(F)(F)F.[Rh+2]. The summed E-state index contributed by atoms with van der Waals surface area (Å²) in [5.41, 5.74) is 0. The molecule has 0 aromatic heterocycles. The van der Waals surface area contributed by atoms with Crippen LogP contribution in [0, 0.1) is 0 Å². The van der Waals surface area contributed by atoms with Crippen LogP contribution in [-0.2, 0) is 19.5 Å². The van der Waals surface area contributed by atoms with E-state index in [2.05, 4.69) is 0 Å². The predicted molar refractivity (Wildman–Crippen MR) is 49.0 cm³/mol. The summed E-state index contributed by atoms with van der Waals surface area (Å²) < 4.78 is 185. The zero-order chi connectivity index (χ0) is 23.6. The molecule has 1 radical (unpaired) electrons. The van der Waals surface area contributed by atoms with Crippen molar-refractivity contribution in [3.63, 3.8) is 0 Å². The van der Waals surface area contributed by atoms with Gasteiger partial charge in [0.15, 0.2) is 0 Å². The maximum atomic E-state index is 11.9. The largest absolute Gasteiger partial charge is 2.00 e. The second-order valence-electron chi connectivity index (χ2n) is 4.07. The van der Waals surface area contributed by atoms with Crippen LogP contribution >= 0.6 is 0 Å². The minimum atomic E-state index is -6.67. The van der Waals surface area contributed by atoms with Crippen molar-refractivity contribution < 1.29 is 100 Å². The van der Waals surface area contributed by atoms with Gasteiger partial charge in [0.1, 0.15) is 0 Å². The Morgan fingerprint density at radius 2 is 0.655 bits per heavy atom. The summed E-state index contributed by atoms with van der Waals surface area (Å²) in [4.78, 5) is 0. The molecule has 0 saturated heterocycles. The van der Waals surface area contributed by atoms with Gasteiger partial charge in [-0.05, 0) is 0 Å². The van der Waals surface area contributed by atoms with Crippen LogP contribution in [0.2, 0.25) is 0 Å². The quantitative estimate of drug-likeness (QED) is 0.229. The number of hydrogen-bond donors (Lipinski definition) is 0. The van der Waals surface area contributed by atoms with Crippen LogP contribution < -0.4 is 10.2 Å². The second-order valence-corrected chi connectivity index (χ2v) is 4.07. The average Bonchev–Trinajstić information content (AvgIpc) is 2.50. The van der Waals surface area contributed by atoms with E-state index in [0.29, 0.717) is 10.4 Å². The van der Waals surface area contributed by atoms with Gasteiger partial charge in [0.25, 0.3) is 0 Å². The maximum Gasteiger partial charge on any atom is 2.00 e. The third-order valence-electron chi connectivity index (χ3n) is 2.19. The van der Waals surface area contributed by atoms with Gasteiger partial charge < -0.3 is 10.2 Å². The minimum Gasteiger partial charge on any atom is -0.856 e. The molecule has 0 heterocycles. The molecule has 0 unspecified atom stereocenters. The van der Waals surface area contributed by atoms with Crippen LogP contribution in [0.5, 0.6) is 0 Å². The molecule has 0 atom stereocenters. The predicted octanol–water partition coefficient (Wildman–Crippen LogP) is 2.92. The molecule has 0 aliphatic heterocycles. The molecule has 0 aliphatic rings. The zero-order valence-corrected chi connectivity index (χ0v) is 13.7. The molecule has 0 bridgehead atoms. The third-order valence-corrected chi connectivity index (χ3v) is 2.19. The van der Waals surface area contributed by atoms with E-state index < -0.39 is 47.8 Å². The van der Waals surface area contributed by atoms with Crippen molar-refractivity contribution in [1.82, 2.24) is 0 Å². The molecule has 0 saturated carbocycles. The number of hydrogen-bond acceptors (Lipinski definition) is 4. The fourth-order valence-corrected chi connectivity index (χ4v) is 0.731. The summed E-state index contributed by atoms with van der Waals surface area (Å²) in [5, 5.41) is 20.5. The van der Waals surface area contributed by atoms with E-state index in [-0.39, 0.29) is 19.5 Å². The van der Waals surface area contributed by atoms with Crippen molar-refractivity contribution in [2.75, 3.05) is 0 Å². The molecular weight excluding hydrogens is 563 g/mol. The number of halogens is 16. The fourth-order valence-electron chi connectivity index (χ4n) is 0.731. The zero-order valence-electron chi connectivity index (χ0n) is 12.1. The summed E-state index contributed by atoms with van der Waals surface area (Å²) in [6.45, 7) is 0. The maximum absolute atomic E-state index is 11.9. The Labute approximate surface area is 159 Å². The van der Waals surface area contributed by atoms with Crippen molar-refractivity contribution in [1.29, 1.82) is 0 Å². The second kappa shape index (κ2) is 9.50. The monoisotopic (exact) mass is 563 g/mol. The molecule has 29 heavy (non-hydrogen) atoms. The van der Waals surface area contributed by atoms with Crippen LogP contribution in [0.25, 0.3) is 0 Å². The van der Waals surface area contributed by atoms with Crippen molar-refractivity contribution >= 4 is 11.8 Å². The summed E-state index contributed by atoms with van der Waals surface area (Å²) in [7, 11) is 0. The van der Waals surface area contributed by atoms with Crippen LogP contribution in [0.15, 0.2) is 10.4 Å². The number of alkyl halides is 14. The summed E-state index contributed by atoms with van der Waals surface area (Å²) >= 11 is 0. The van der Waals surface area contributed by atoms with Crippen molar-refractivity contribution in [2.45, 2.75) is 36.0 Å². The van der Waals surface area contributed by atoms with Gasteiger partial charge in [0.2, 0.25) is 0 Å². The molecule has 0 fully saturated rings. The summed E-state index contributed by atoms with van der Waals surface area (Å²) in [6, 6.07) is 0. The van der Waals surface area contributed by atoms with E-state index in [1.807, 2.05) is 0 Å². The Kier molecular flexibility index (Phi) is 10.5. The van der Waals surface area contributed by atoms with Crippen molar-refractivity contribution in [2.24, 2.45) is 10.4 Å². The first-order chi connectivity index (χ1) is 12.0. The minimum absolute atomic E-state index is 0. The first-order valence-electron chi connectivity index (χ1n) is 5.34. The molecule has 21 heteroatoms. The van der Waals surface area contributed by atoms with Gasteiger partial charge in [-0.15, -0.1) is 10.4 Å². The molecule has 0 aromatic rings. The van der Waals surface area contributed by atoms with E-state index in [1.54, 1.807) is 0 Å². The average molecular weight is 563 g/mol. The normalized spacial score (nSPS) is 15.3. The van der Waals surface area contributed by atoms with E-state index in [9.17, 15) is 80.6 Å². The molecule has 0 amide bonds. The third kappa shape index (κ3) is 6.21. The van der Waals surface area contributed by atoms with Crippen LogP contribution in [-0.4, -0.2) is 47.8 Å². The molecule has 0 aliphatic carbocycles. The van der Waals surface area contributed by atoms with Gasteiger partial charge >= 0.3 is 55.5 Å². The summed E-state index contributed by atoms with van der Waals surface area (Å²) in [6.07, 6.45) is -13.3. The molecule has 0 spiro atoms. The first kappa shape index (κ1) is 32.1. The van der Waals surface area contributed by atoms with Gasteiger partial charge in [0, 0.05) is 0 Å². The number of nitrogens with zero attached hydrogens (tertiary/aromatic N) is 2. The molecule has 175 valence electrons. The Bertz CT molecular complexity index is 543. The molecule has 0 rings (SSSR count). The first-order valence-corrected chi connectivity index (χ1v) is 5.34. The Morgan fingerprint density at radius 1 is 0.483 bits per heavy atom. The van der Waals surface area contributed by atoms with Crippen LogP contribution in [0.1, 0.15) is 0 Å². The molecular formula is C8F16N2O2Rh. The number of rotatable bonds is 4. The smallest absolute Gasteiger partial charge is 0.856 e. The molecule has 0 N–H and O–H groups in total. The Hall–Kier alpha value is -1.56.